The first-order chi connectivity index (χ1) is 7.49. The number of anilines is 1. The molecule has 86 valence electrons. The van der Waals surface area contributed by atoms with Gasteiger partial charge in [-0.1, -0.05) is 0 Å². The summed E-state index contributed by atoms with van der Waals surface area (Å²) in [7, 11) is 1.83. The largest absolute Gasteiger partial charge is 0.478 e. The second kappa shape index (κ2) is 5.30. The van der Waals surface area contributed by atoms with Crippen molar-refractivity contribution >= 4 is 11.7 Å². The maximum absolute atomic E-state index is 12.7. The minimum absolute atomic E-state index is 0.282. The molecule has 0 fully saturated rings. The first kappa shape index (κ1) is 12.2. The molecule has 0 heterocycles. The lowest BCUT2D eigenvalue weighted by Crippen LogP contribution is -2.19. The quantitative estimate of drug-likeness (QED) is 0.796. The van der Waals surface area contributed by atoms with Gasteiger partial charge in [-0.25, -0.2) is 9.18 Å². The number of aliphatic carboxylic acids is 1. The highest BCUT2D eigenvalue weighted by molar-refractivity contribution is 5.80. The zero-order chi connectivity index (χ0) is 12.1. The number of halogens is 1. The highest BCUT2D eigenvalue weighted by atomic mass is 19.1. The summed E-state index contributed by atoms with van der Waals surface area (Å²) >= 11 is 0. The van der Waals surface area contributed by atoms with Crippen LogP contribution < -0.4 is 4.90 Å². The fourth-order valence-electron chi connectivity index (χ4n) is 1.42. The molecule has 0 saturated carbocycles. The number of hydrogen-bond donors (Lipinski definition) is 1. The molecule has 16 heavy (non-hydrogen) atoms. The Bertz CT molecular complexity index is 398. The van der Waals surface area contributed by atoms with Crippen molar-refractivity contribution in [3.63, 3.8) is 0 Å². The first-order valence-electron chi connectivity index (χ1n) is 4.86. The first-order valence-corrected chi connectivity index (χ1v) is 4.86. The van der Waals surface area contributed by atoms with Crippen LogP contribution in [0.1, 0.15) is 6.92 Å². The van der Waals surface area contributed by atoms with Crippen molar-refractivity contribution in [1.82, 2.24) is 0 Å². The van der Waals surface area contributed by atoms with E-state index in [1.807, 2.05) is 11.9 Å². The van der Waals surface area contributed by atoms with Crippen LogP contribution in [0.25, 0.3) is 0 Å². The van der Waals surface area contributed by atoms with Crippen molar-refractivity contribution in [1.29, 1.82) is 0 Å². The molecule has 0 aliphatic rings. The maximum atomic E-state index is 12.7. The zero-order valence-corrected chi connectivity index (χ0v) is 9.27. The van der Waals surface area contributed by atoms with Crippen molar-refractivity contribution in [2.45, 2.75) is 6.92 Å². The van der Waals surface area contributed by atoms with E-state index in [1.54, 1.807) is 19.1 Å². The average Bonchev–Trinajstić information content (AvgIpc) is 2.16. The Morgan fingerprint density at radius 2 is 2.00 bits per heavy atom. The molecule has 0 saturated heterocycles. The standard InChI is InChI=1S/C12H14FNO2/c1-9(7-12(15)16)8-14(2)11-5-3-10(13)4-6-11/h3-7H,8H2,1-2H3,(H,15,16). The van der Waals surface area contributed by atoms with Crippen molar-refractivity contribution in [3.05, 3.63) is 41.7 Å². The summed E-state index contributed by atoms with van der Waals surface area (Å²) in [6.45, 7) is 2.24. The van der Waals surface area contributed by atoms with Crippen LogP contribution in [0.2, 0.25) is 0 Å². The van der Waals surface area contributed by atoms with E-state index in [4.69, 9.17) is 5.11 Å². The van der Waals surface area contributed by atoms with Crippen LogP contribution in [0.4, 0.5) is 10.1 Å². The molecule has 0 aliphatic heterocycles. The van der Waals surface area contributed by atoms with Gasteiger partial charge in [0.1, 0.15) is 5.82 Å². The van der Waals surface area contributed by atoms with Gasteiger partial charge >= 0.3 is 5.97 Å². The third-order valence-corrected chi connectivity index (χ3v) is 2.12. The minimum atomic E-state index is -0.954. The van der Waals surface area contributed by atoms with E-state index in [9.17, 15) is 9.18 Å². The topological polar surface area (TPSA) is 40.5 Å². The van der Waals surface area contributed by atoms with Crippen LogP contribution >= 0.6 is 0 Å². The second-order valence-electron chi connectivity index (χ2n) is 3.66. The monoisotopic (exact) mass is 223 g/mol. The highest BCUT2D eigenvalue weighted by Gasteiger charge is 2.02. The molecular formula is C12H14FNO2. The predicted octanol–water partition coefficient (Wildman–Crippen LogP) is 2.29. The Kier molecular flexibility index (Phi) is 4.05. The molecule has 4 heteroatoms. The molecule has 0 amide bonds. The van der Waals surface area contributed by atoms with Gasteiger partial charge in [-0.05, 0) is 36.8 Å². The lowest BCUT2D eigenvalue weighted by atomic mass is 10.2. The SMILES string of the molecule is CC(=CC(=O)O)CN(C)c1ccc(F)cc1. The number of nitrogens with zero attached hydrogens (tertiary/aromatic N) is 1. The van der Waals surface area contributed by atoms with Crippen LogP contribution in [-0.4, -0.2) is 24.7 Å². The molecule has 1 N–H and O–H groups in total. The van der Waals surface area contributed by atoms with Gasteiger partial charge < -0.3 is 10.0 Å². The lowest BCUT2D eigenvalue weighted by Gasteiger charge is -2.19. The fourth-order valence-corrected chi connectivity index (χ4v) is 1.42. The maximum Gasteiger partial charge on any atom is 0.328 e. The third kappa shape index (κ3) is 3.73. The van der Waals surface area contributed by atoms with Gasteiger partial charge in [-0.2, -0.15) is 0 Å². The molecule has 0 atom stereocenters. The van der Waals surface area contributed by atoms with Crippen LogP contribution in [0.3, 0.4) is 0 Å². The van der Waals surface area contributed by atoms with E-state index in [0.717, 1.165) is 11.3 Å². The van der Waals surface area contributed by atoms with Crippen LogP contribution in [-0.2, 0) is 4.79 Å². The molecule has 0 spiro atoms. The van der Waals surface area contributed by atoms with Gasteiger partial charge in [0.2, 0.25) is 0 Å². The summed E-state index contributed by atoms with van der Waals surface area (Å²) < 4.78 is 12.7. The number of benzene rings is 1. The van der Waals surface area contributed by atoms with Gasteiger partial charge in [-0.15, -0.1) is 0 Å². The molecule has 3 nitrogen and oxygen atoms in total. The molecular weight excluding hydrogens is 209 g/mol. The molecule has 0 radical (unpaired) electrons. The summed E-state index contributed by atoms with van der Waals surface area (Å²) in [5.74, 6) is -1.24. The van der Waals surface area contributed by atoms with Crippen molar-refractivity contribution in [2.75, 3.05) is 18.5 Å². The Labute approximate surface area is 93.8 Å². The van der Waals surface area contributed by atoms with Crippen LogP contribution in [0.5, 0.6) is 0 Å². The molecule has 0 aromatic heterocycles. The molecule has 0 unspecified atom stereocenters. The number of rotatable bonds is 4. The number of carbonyl (C=O) groups is 1. The van der Waals surface area contributed by atoms with Crippen LogP contribution in [0, 0.1) is 5.82 Å². The third-order valence-electron chi connectivity index (χ3n) is 2.12. The van der Waals surface area contributed by atoms with Gasteiger partial charge in [0.15, 0.2) is 0 Å². The summed E-state index contributed by atoms with van der Waals surface area (Å²) in [6, 6.07) is 6.07. The predicted molar refractivity (Wildman–Crippen MR) is 61.1 cm³/mol. The summed E-state index contributed by atoms with van der Waals surface area (Å²) in [5, 5.41) is 8.56. The summed E-state index contributed by atoms with van der Waals surface area (Å²) in [5.41, 5.74) is 1.58. The van der Waals surface area contributed by atoms with Gasteiger partial charge in [0.25, 0.3) is 0 Å². The normalized spacial score (nSPS) is 11.3. The Balaban J connectivity index is 2.69. The van der Waals surface area contributed by atoms with E-state index in [2.05, 4.69) is 0 Å². The molecule has 0 bridgehead atoms. The van der Waals surface area contributed by atoms with E-state index in [-0.39, 0.29) is 5.82 Å². The van der Waals surface area contributed by atoms with E-state index >= 15 is 0 Å². The van der Waals surface area contributed by atoms with Gasteiger partial charge in [0.05, 0.1) is 0 Å². The number of carboxylic acid groups (broad SMARTS) is 1. The van der Waals surface area contributed by atoms with Gasteiger partial charge in [0, 0.05) is 25.4 Å². The number of likely N-dealkylation sites (N-methyl/N-ethyl adjacent to an activating group) is 1. The molecule has 1 aromatic carbocycles. The fraction of sp³-hybridized carbons (Fsp3) is 0.250. The highest BCUT2D eigenvalue weighted by Crippen LogP contribution is 2.14. The van der Waals surface area contributed by atoms with Crippen LogP contribution in [0.15, 0.2) is 35.9 Å². The molecule has 1 aromatic rings. The second-order valence-corrected chi connectivity index (χ2v) is 3.66. The molecule has 1 rings (SSSR count). The Morgan fingerprint density at radius 3 is 2.50 bits per heavy atom. The molecule has 0 aliphatic carbocycles. The lowest BCUT2D eigenvalue weighted by molar-refractivity contribution is -0.131. The Morgan fingerprint density at radius 1 is 1.44 bits per heavy atom. The van der Waals surface area contributed by atoms with Crippen molar-refractivity contribution in [2.24, 2.45) is 0 Å². The summed E-state index contributed by atoms with van der Waals surface area (Å²) in [4.78, 5) is 12.3. The zero-order valence-electron chi connectivity index (χ0n) is 9.27. The Hall–Kier alpha value is -1.84. The van der Waals surface area contributed by atoms with Crippen molar-refractivity contribution in [3.8, 4) is 0 Å². The van der Waals surface area contributed by atoms with Gasteiger partial charge in [-0.3, -0.25) is 0 Å². The minimum Gasteiger partial charge on any atom is -0.478 e. The van der Waals surface area contributed by atoms with E-state index in [0.29, 0.717) is 6.54 Å². The summed E-state index contributed by atoms with van der Waals surface area (Å²) in [6.07, 6.45) is 1.17. The van der Waals surface area contributed by atoms with E-state index in [1.165, 1.54) is 18.2 Å². The number of carboxylic acids is 1. The van der Waals surface area contributed by atoms with Crippen molar-refractivity contribution < 1.29 is 14.3 Å². The van der Waals surface area contributed by atoms with E-state index < -0.39 is 5.97 Å². The number of hydrogen-bond acceptors (Lipinski definition) is 2. The average molecular weight is 223 g/mol. The smallest absolute Gasteiger partial charge is 0.328 e.